The van der Waals surface area contributed by atoms with Crippen LogP contribution in [0.25, 0.3) is 0 Å². The third-order valence-electron chi connectivity index (χ3n) is 6.17. The van der Waals surface area contributed by atoms with Crippen molar-refractivity contribution in [3.63, 3.8) is 0 Å². The SMILES string of the molecule is CN1CCN(c2cc(NC(=O)c3cccnc3NCc3ccncc3)ccc2C(C)(C)C)CC1. The van der Waals surface area contributed by atoms with Gasteiger partial charge in [-0.15, -0.1) is 0 Å². The molecule has 7 nitrogen and oxygen atoms in total. The van der Waals surface area contributed by atoms with Gasteiger partial charge in [0.2, 0.25) is 0 Å². The van der Waals surface area contributed by atoms with Crippen LogP contribution >= 0.6 is 0 Å². The third-order valence-corrected chi connectivity index (χ3v) is 6.17. The molecule has 0 unspecified atom stereocenters. The van der Waals surface area contributed by atoms with Crippen molar-refractivity contribution >= 4 is 23.1 Å². The van der Waals surface area contributed by atoms with E-state index in [9.17, 15) is 4.79 Å². The van der Waals surface area contributed by atoms with Gasteiger partial charge < -0.3 is 20.4 Å². The molecule has 0 aliphatic carbocycles. The molecule has 1 aliphatic heterocycles. The molecule has 1 saturated heterocycles. The van der Waals surface area contributed by atoms with Crippen LogP contribution in [0.2, 0.25) is 0 Å². The van der Waals surface area contributed by atoms with Gasteiger partial charge in [-0.05, 0) is 60.0 Å². The molecule has 0 atom stereocenters. The second-order valence-electron chi connectivity index (χ2n) is 9.83. The summed E-state index contributed by atoms with van der Waals surface area (Å²) >= 11 is 0. The van der Waals surface area contributed by atoms with Crippen LogP contribution in [-0.2, 0) is 12.0 Å². The van der Waals surface area contributed by atoms with E-state index in [0.717, 1.165) is 37.4 Å². The number of aromatic nitrogens is 2. The Bertz CT molecular complexity index is 1120. The number of amides is 1. The summed E-state index contributed by atoms with van der Waals surface area (Å²) in [6.07, 6.45) is 5.19. The first-order valence-corrected chi connectivity index (χ1v) is 11.8. The number of pyridine rings is 2. The standard InChI is InChI=1S/C27H34N6O/c1-27(2,3)23-8-7-21(18-24(23)33-16-14-32(4)15-17-33)31-26(34)22-6-5-11-29-25(22)30-19-20-9-12-28-13-10-20/h5-13,18H,14-17,19H2,1-4H3,(H,29,30)(H,31,34). The van der Waals surface area contributed by atoms with E-state index in [-0.39, 0.29) is 11.3 Å². The number of hydrogen-bond donors (Lipinski definition) is 2. The molecule has 3 heterocycles. The van der Waals surface area contributed by atoms with E-state index in [1.54, 1.807) is 30.7 Å². The first-order chi connectivity index (χ1) is 16.3. The van der Waals surface area contributed by atoms with Crippen molar-refractivity contribution in [2.45, 2.75) is 32.7 Å². The Morgan fingerprint density at radius 2 is 1.74 bits per heavy atom. The van der Waals surface area contributed by atoms with Crippen molar-refractivity contribution in [2.24, 2.45) is 0 Å². The number of rotatable bonds is 6. The maximum absolute atomic E-state index is 13.2. The van der Waals surface area contributed by atoms with Crippen molar-refractivity contribution in [2.75, 3.05) is 48.8 Å². The van der Waals surface area contributed by atoms with Gasteiger partial charge in [-0.2, -0.15) is 0 Å². The van der Waals surface area contributed by atoms with Crippen LogP contribution in [-0.4, -0.2) is 54.0 Å². The van der Waals surface area contributed by atoms with Gasteiger partial charge in [0.1, 0.15) is 5.82 Å². The van der Waals surface area contributed by atoms with Gasteiger partial charge >= 0.3 is 0 Å². The van der Waals surface area contributed by atoms with Crippen LogP contribution < -0.4 is 15.5 Å². The van der Waals surface area contributed by atoms with Crippen molar-refractivity contribution < 1.29 is 4.79 Å². The Kier molecular flexibility index (Phi) is 7.12. The van der Waals surface area contributed by atoms with Gasteiger partial charge in [0.15, 0.2) is 0 Å². The molecule has 1 fully saturated rings. The Labute approximate surface area is 202 Å². The maximum Gasteiger partial charge on any atom is 0.259 e. The second kappa shape index (κ2) is 10.2. The number of nitrogens with zero attached hydrogens (tertiary/aromatic N) is 4. The molecule has 1 amide bonds. The molecule has 178 valence electrons. The quantitative estimate of drug-likeness (QED) is 0.571. The molecule has 2 N–H and O–H groups in total. The van der Waals surface area contributed by atoms with Crippen LogP contribution in [0, 0.1) is 0 Å². The number of benzene rings is 1. The lowest BCUT2D eigenvalue weighted by Crippen LogP contribution is -2.45. The van der Waals surface area contributed by atoms with Crippen molar-refractivity contribution in [1.82, 2.24) is 14.9 Å². The molecule has 0 bridgehead atoms. The van der Waals surface area contributed by atoms with E-state index in [1.165, 1.54) is 11.3 Å². The first-order valence-electron chi connectivity index (χ1n) is 11.8. The molecule has 2 aromatic heterocycles. The van der Waals surface area contributed by atoms with Crippen LogP contribution in [0.3, 0.4) is 0 Å². The van der Waals surface area contributed by atoms with Gasteiger partial charge in [0, 0.05) is 62.7 Å². The lowest BCUT2D eigenvalue weighted by atomic mass is 9.85. The van der Waals surface area contributed by atoms with Crippen molar-refractivity contribution in [1.29, 1.82) is 0 Å². The number of likely N-dealkylation sites (N-methyl/N-ethyl adjacent to an activating group) is 1. The zero-order valence-electron chi connectivity index (χ0n) is 20.5. The Morgan fingerprint density at radius 1 is 1.00 bits per heavy atom. The molecule has 0 spiro atoms. The number of nitrogens with one attached hydrogen (secondary N) is 2. The highest BCUT2D eigenvalue weighted by Gasteiger charge is 2.24. The smallest absolute Gasteiger partial charge is 0.259 e. The summed E-state index contributed by atoms with van der Waals surface area (Å²) in [5, 5.41) is 6.38. The lowest BCUT2D eigenvalue weighted by Gasteiger charge is -2.37. The highest BCUT2D eigenvalue weighted by molar-refractivity contribution is 6.07. The predicted octanol–water partition coefficient (Wildman–Crippen LogP) is 4.39. The minimum Gasteiger partial charge on any atom is -0.369 e. The van der Waals surface area contributed by atoms with Crippen molar-refractivity contribution in [3.8, 4) is 0 Å². The van der Waals surface area contributed by atoms with Crippen LogP contribution in [0.5, 0.6) is 0 Å². The topological polar surface area (TPSA) is 73.4 Å². The molecule has 4 rings (SSSR count). The molecular formula is C27H34N6O. The van der Waals surface area contributed by atoms with Crippen LogP contribution in [0.1, 0.15) is 42.3 Å². The fraction of sp³-hybridized carbons (Fsp3) is 0.370. The molecular weight excluding hydrogens is 424 g/mol. The number of anilines is 3. The third kappa shape index (κ3) is 5.72. The zero-order valence-corrected chi connectivity index (χ0v) is 20.5. The number of carbonyl (C=O) groups excluding carboxylic acids is 1. The Balaban J connectivity index is 1.55. The molecule has 3 aromatic rings. The Morgan fingerprint density at radius 3 is 2.44 bits per heavy atom. The van der Waals surface area contributed by atoms with Gasteiger partial charge in [-0.3, -0.25) is 9.78 Å². The molecule has 1 aliphatic rings. The van der Waals surface area contributed by atoms with Crippen molar-refractivity contribution in [3.05, 3.63) is 77.7 Å². The van der Waals surface area contributed by atoms with E-state index < -0.39 is 0 Å². The average molecular weight is 459 g/mol. The number of carbonyl (C=O) groups is 1. The normalized spacial score (nSPS) is 14.6. The second-order valence-corrected chi connectivity index (χ2v) is 9.83. The summed E-state index contributed by atoms with van der Waals surface area (Å²) in [4.78, 5) is 26.5. The summed E-state index contributed by atoms with van der Waals surface area (Å²) in [6.45, 7) is 11.3. The highest BCUT2D eigenvalue weighted by atomic mass is 16.1. The number of piperazine rings is 1. The van der Waals surface area contributed by atoms with E-state index >= 15 is 0 Å². The lowest BCUT2D eigenvalue weighted by molar-refractivity contribution is 0.102. The minimum absolute atomic E-state index is 0.00855. The first kappa shape index (κ1) is 23.7. The number of hydrogen-bond acceptors (Lipinski definition) is 6. The van der Waals surface area contributed by atoms with Gasteiger partial charge in [0.05, 0.1) is 5.56 Å². The summed E-state index contributed by atoms with van der Waals surface area (Å²) in [7, 11) is 2.16. The summed E-state index contributed by atoms with van der Waals surface area (Å²) < 4.78 is 0. The maximum atomic E-state index is 13.2. The highest BCUT2D eigenvalue weighted by Crippen LogP contribution is 2.35. The van der Waals surface area contributed by atoms with E-state index in [2.05, 4.69) is 70.4 Å². The van der Waals surface area contributed by atoms with Crippen LogP contribution in [0.4, 0.5) is 17.2 Å². The largest absolute Gasteiger partial charge is 0.369 e. The van der Waals surface area contributed by atoms with Crippen LogP contribution in [0.15, 0.2) is 61.1 Å². The molecule has 7 heteroatoms. The molecule has 0 radical (unpaired) electrons. The molecule has 0 saturated carbocycles. The molecule has 1 aromatic carbocycles. The monoisotopic (exact) mass is 458 g/mol. The summed E-state index contributed by atoms with van der Waals surface area (Å²) in [5.41, 5.74) is 4.86. The van der Waals surface area contributed by atoms with Gasteiger partial charge in [-0.1, -0.05) is 26.8 Å². The van der Waals surface area contributed by atoms with E-state index in [1.807, 2.05) is 18.2 Å². The van der Waals surface area contributed by atoms with Gasteiger partial charge in [-0.25, -0.2) is 4.98 Å². The fourth-order valence-electron chi connectivity index (χ4n) is 4.17. The van der Waals surface area contributed by atoms with E-state index in [0.29, 0.717) is 17.9 Å². The minimum atomic E-state index is -0.182. The zero-order chi connectivity index (χ0) is 24.1. The molecule has 34 heavy (non-hydrogen) atoms. The van der Waals surface area contributed by atoms with Gasteiger partial charge in [0.25, 0.3) is 5.91 Å². The predicted molar refractivity (Wildman–Crippen MR) is 139 cm³/mol. The summed E-state index contributed by atoms with van der Waals surface area (Å²) in [6, 6.07) is 13.7. The summed E-state index contributed by atoms with van der Waals surface area (Å²) in [5.74, 6) is 0.376. The van der Waals surface area contributed by atoms with E-state index in [4.69, 9.17) is 0 Å². The average Bonchev–Trinajstić information content (AvgIpc) is 2.83. The Hall–Kier alpha value is -3.45. The fourth-order valence-corrected chi connectivity index (χ4v) is 4.17.